The fourth-order valence-corrected chi connectivity index (χ4v) is 5.56. The van der Waals surface area contributed by atoms with Crippen LogP contribution in [-0.2, 0) is 14.2 Å². The van der Waals surface area contributed by atoms with Crippen molar-refractivity contribution in [1.29, 1.82) is 0 Å². The second-order valence-corrected chi connectivity index (χ2v) is 11.1. The Bertz CT molecular complexity index is 901. The first-order chi connectivity index (χ1) is 19.8. The molecule has 5 nitrogen and oxygen atoms in total. The Balaban J connectivity index is 1.07. The zero-order valence-electron chi connectivity index (χ0n) is 25.0. The van der Waals surface area contributed by atoms with Gasteiger partial charge in [0.05, 0.1) is 13.2 Å². The maximum absolute atomic E-state index is 12.2. The van der Waals surface area contributed by atoms with Gasteiger partial charge in [-0.2, -0.15) is 0 Å². The summed E-state index contributed by atoms with van der Waals surface area (Å²) in [6.07, 6.45) is 18.1. The second-order valence-electron chi connectivity index (χ2n) is 11.1. The summed E-state index contributed by atoms with van der Waals surface area (Å²) in [5.41, 5.74) is 4.91. The molecule has 0 fully saturated rings. The summed E-state index contributed by atoms with van der Waals surface area (Å²) in [6.45, 7) is 5.82. The molecule has 0 heterocycles. The van der Waals surface area contributed by atoms with Gasteiger partial charge in [0.1, 0.15) is 6.61 Å². The molecule has 0 radical (unpaired) electrons. The lowest BCUT2D eigenvalue weighted by atomic mass is 9.98. The number of carbonyl (C=O) groups excluding carboxylic acids is 1. The summed E-state index contributed by atoms with van der Waals surface area (Å²) < 4.78 is 16.9. The van der Waals surface area contributed by atoms with Gasteiger partial charge in [0.2, 0.25) is 0 Å². The van der Waals surface area contributed by atoms with Gasteiger partial charge in [-0.05, 0) is 35.1 Å². The number of benzene rings is 2. The molecule has 2 aromatic carbocycles. The van der Waals surface area contributed by atoms with Crippen LogP contribution in [0.5, 0.6) is 0 Å². The minimum Gasteiger partial charge on any atom is -0.449 e. The maximum Gasteiger partial charge on any atom is 0.407 e. The Morgan fingerprint density at radius 2 is 1.10 bits per heavy atom. The summed E-state index contributed by atoms with van der Waals surface area (Å²) in [6, 6.07) is 16.7. The Kier molecular flexibility index (Phi) is 16.5. The number of hydrogen-bond acceptors (Lipinski definition) is 4. The van der Waals surface area contributed by atoms with Crippen molar-refractivity contribution in [2.24, 2.45) is 0 Å². The quantitative estimate of drug-likeness (QED) is 0.140. The van der Waals surface area contributed by atoms with Crippen LogP contribution < -0.4 is 5.32 Å². The Labute approximate surface area is 243 Å². The molecule has 40 heavy (non-hydrogen) atoms. The van der Waals surface area contributed by atoms with E-state index >= 15 is 0 Å². The molecule has 0 atom stereocenters. The Morgan fingerprint density at radius 1 is 0.625 bits per heavy atom. The number of alkyl carbamates (subject to hydrolysis) is 1. The van der Waals surface area contributed by atoms with Crippen molar-refractivity contribution < 1.29 is 19.0 Å². The maximum atomic E-state index is 12.2. The smallest absolute Gasteiger partial charge is 0.407 e. The van der Waals surface area contributed by atoms with Crippen LogP contribution in [0.3, 0.4) is 0 Å². The number of hydrogen-bond donors (Lipinski definition) is 1. The number of nitrogens with one attached hydrogen (secondary N) is 1. The number of carbonyl (C=O) groups is 1. The Morgan fingerprint density at radius 3 is 1.65 bits per heavy atom. The average Bonchev–Trinajstić information content (AvgIpc) is 3.30. The third-order valence-corrected chi connectivity index (χ3v) is 7.84. The Hall–Kier alpha value is -2.37. The SMILES string of the molecule is CCCCCCCCCCCCCCCOCCOCCCNC(=O)OCC1c2ccccc2-c2ccccc21. The minimum atomic E-state index is -0.372. The molecule has 0 saturated heterocycles. The van der Waals surface area contributed by atoms with Crippen LogP contribution in [-0.4, -0.2) is 45.7 Å². The molecule has 1 amide bonds. The molecule has 3 rings (SSSR count). The summed E-state index contributed by atoms with van der Waals surface area (Å²) >= 11 is 0. The first-order valence-corrected chi connectivity index (χ1v) is 16.1. The number of rotatable bonds is 23. The van der Waals surface area contributed by atoms with Crippen molar-refractivity contribution in [1.82, 2.24) is 5.32 Å². The fraction of sp³-hybridized carbons (Fsp3) is 0.629. The van der Waals surface area contributed by atoms with Crippen LogP contribution in [0.1, 0.15) is 114 Å². The largest absolute Gasteiger partial charge is 0.449 e. The van der Waals surface area contributed by atoms with Crippen molar-refractivity contribution in [2.75, 3.05) is 39.6 Å². The van der Waals surface area contributed by atoms with Gasteiger partial charge in [-0.25, -0.2) is 4.79 Å². The van der Waals surface area contributed by atoms with Crippen molar-refractivity contribution in [3.63, 3.8) is 0 Å². The van der Waals surface area contributed by atoms with Gasteiger partial charge < -0.3 is 19.5 Å². The van der Waals surface area contributed by atoms with Crippen LogP contribution >= 0.6 is 0 Å². The molecule has 222 valence electrons. The van der Waals surface area contributed by atoms with Crippen LogP contribution in [0.25, 0.3) is 11.1 Å². The van der Waals surface area contributed by atoms with E-state index in [2.05, 4.69) is 48.6 Å². The summed E-state index contributed by atoms with van der Waals surface area (Å²) in [4.78, 5) is 12.2. The van der Waals surface area contributed by atoms with Crippen LogP contribution in [0.2, 0.25) is 0 Å². The molecule has 0 saturated carbocycles. The topological polar surface area (TPSA) is 56.8 Å². The van der Waals surface area contributed by atoms with Crippen molar-refractivity contribution in [3.8, 4) is 11.1 Å². The van der Waals surface area contributed by atoms with E-state index < -0.39 is 0 Å². The van der Waals surface area contributed by atoms with E-state index in [1.807, 2.05) is 12.1 Å². The van der Waals surface area contributed by atoms with Crippen LogP contribution in [0.15, 0.2) is 48.5 Å². The first kappa shape index (κ1) is 32.1. The predicted molar refractivity (Wildman–Crippen MR) is 165 cm³/mol. The molecule has 0 bridgehead atoms. The molecule has 0 spiro atoms. The molecular formula is C35H53NO4. The fourth-order valence-electron chi connectivity index (χ4n) is 5.56. The van der Waals surface area contributed by atoms with Gasteiger partial charge >= 0.3 is 6.09 Å². The average molecular weight is 552 g/mol. The predicted octanol–water partition coefficient (Wildman–Crippen LogP) is 9.04. The van der Waals surface area contributed by atoms with Crippen molar-refractivity contribution in [3.05, 3.63) is 59.7 Å². The zero-order valence-corrected chi connectivity index (χ0v) is 25.0. The molecule has 1 aliphatic carbocycles. The third-order valence-electron chi connectivity index (χ3n) is 7.84. The normalized spacial score (nSPS) is 12.3. The monoisotopic (exact) mass is 551 g/mol. The highest BCUT2D eigenvalue weighted by atomic mass is 16.5. The molecule has 1 N–H and O–H groups in total. The van der Waals surface area contributed by atoms with Crippen molar-refractivity contribution >= 4 is 6.09 Å². The van der Waals surface area contributed by atoms with Gasteiger partial charge in [0.25, 0.3) is 0 Å². The van der Waals surface area contributed by atoms with E-state index in [0.717, 1.165) is 19.4 Å². The first-order valence-electron chi connectivity index (χ1n) is 16.1. The van der Waals surface area contributed by atoms with Crippen LogP contribution in [0, 0.1) is 0 Å². The number of amides is 1. The van der Waals surface area contributed by atoms with E-state index in [0.29, 0.717) is 33.0 Å². The van der Waals surface area contributed by atoms with E-state index in [9.17, 15) is 4.79 Å². The van der Waals surface area contributed by atoms with Gasteiger partial charge in [0, 0.05) is 25.7 Å². The standard InChI is InChI=1S/C35H53NO4/c1-2-3-4-5-6-7-8-9-10-11-12-13-18-25-38-27-28-39-26-19-24-36-35(37)40-29-34-32-22-16-14-20-30(32)31-21-15-17-23-33(31)34/h14-17,20-23,34H,2-13,18-19,24-29H2,1H3,(H,36,37). The summed E-state index contributed by atoms with van der Waals surface area (Å²) in [7, 11) is 0. The van der Waals surface area contributed by atoms with E-state index in [1.165, 1.54) is 99.3 Å². The summed E-state index contributed by atoms with van der Waals surface area (Å²) in [5, 5.41) is 2.84. The van der Waals surface area contributed by atoms with Gasteiger partial charge in [0.15, 0.2) is 0 Å². The lowest BCUT2D eigenvalue weighted by Gasteiger charge is -2.14. The molecule has 0 aliphatic heterocycles. The zero-order chi connectivity index (χ0) is 28.1. The molecule has 0 unspecified atom stereocenters. The van der Waals surface area contributed by atoms with Crippen LogP contribution in [0.4, 0.5) is 4.79 Å². The molecule has 0 aromatic heterocycles. The molecule has 2 aromatic rings. The van der Waals surface area contributed by atoms with Gasteiger partial charge in [-0.15, -0.1) is 0 Å². The van der Waals surface area contributed by atoms with Gasteiger partial charge in [-0.1, -0.05) is 133 Å². The highest BCUT2D eigenvalue weighted by Gasteiger charge is 2.28. The number of unbranched alkanes of at least 4 members (excludes halogenated alkanes) is 12. The highest BCUT2D eigenvalue weighted by Crippen LogP contribution is 2.44. The third kappa shape index (κ3) is 12.0. The lowest BCUT2D eigenvalue weighted by molar-refractivity contribution is 0.0453. The second kappa shape index (κ2) is 20.5. The summed E-state index contributed by atoms with van der Waals surface area (Å²) in [5.74, 6) is 0.0844. The number of ether oxygens (including phenoxy) is 3. The van der Waals surface area contributed by atoms with E-state index in [-0.39, 0.29) is 12.0 Å². The highest BCUT2D eigenvalue weighted by molar-refractivity contribution is 5.79. The van der Waals surface area contributed by atoms with E-state index in [1.54, 1.807) is 0 Å². The lowest BCUT2D eigenvalue weighted by Crippen LogP contribution is -2.27. The molecule has 1 aliphatic rings. The van der Waals surface area contributed by atoms with Gasteiger partial charge in [-0.3, -0.25) is 0 Å². The number of fused-ring (bicyclic) bond motifs is 3. The molecular weight excluding hydrogens is 498 g/mol. The van der Waals surface area contributed by atoms with E-state index in [4.69, 9.17) is 14.2 Å². The molecule has 5 heteroatoms. The van der Waals surface area contributed by atoms with Crippen molar-refractivity contribution in [2.45, 2.75) is 103 Å². The minimum absolute atomic E-state index is 0.0844.